The molecule has 3 rings (SSSR count). The molecule has 8 heteroatoms. The molecular weight excluding hydrogens is 289 g/mol. The van der Waals surface area contributed by atoms with Gasteiger partial charge >= 0.3 is 6.18 Å². The highest BCUT2D eigenvalue weighted by molar-refractivity contribution is 8.00. The molecule has 4 nitrogen and oxygen atoms in total. The summed E-state index contributed by atoms with van der Waals surface area (Å²) in [6.45, 7) is 1.23. The summed E-state index contributed by atoms with van der Waals surface area (Å²) in [6.07, 6.45) is -0.895. The molecule has 0 N–H and O–H groups in total. The second-order valence-electron chi connectivity index (χ2n) is 4.73. The Kier molecular flexibility index (Phi) is 3.59. The molecule has 0 amide bonds. The maximum absolute atomic E-state index is 12.8. The van der Waals surface area contributed by atoms with E-state index in [1.807, 2.05) is 17.0 Å². The molecule has 0 saturated carbocycles. The highest BCUT2D eigenvalue weighted by Crippen LogP contribution is 2.33. The molecule has 1 saturated heterocycles. The third kappa shape index (κ3) is 2.90. The van der Waals surface area contributed by atoms with E-state index in [4.69, 9.17) is 0 Å². The maximum Gasteiger partial charge on any atom is 0.401 e. The second-order valence-corrected chi connectivity index (χ2v) is 6.04. The van der Waals surface area contributed by atoms with E-state index in [9.17, 15) is 13.2 Å². The Bertz CT molecular complexity index is 598. The van der Waals surface area contributed by atoms with Gasteiger partial charge < -0.3 is 0 Å². The van der Waals surface area contributed by atoms with E-state index >= 15 is 0 Å². The first kappa shape index (κ1) is 13.7. The highest BCUT2D eigenvalue weighted by Gasteiger charge is 2.42. The van der Waals surface area contributed by atoms with E-state index in [0.717, 1.165) is 17.3 Å². The van der Waals surface area contributed by atoms with Crippen LogP contribution in [0.25, 0.3) is 5.65 Å². The van der Waals surface area contributed by atoms with Crippen LogP contribution in [0.4, 0.5) is 13.2 Å². The lowest BCUT2D eigenvalue weighted by Crippen LogP contribution is -2.44. The molecule has 2 aromatic rings. The Hall–Kier alpha value is -1.28. The minimum absolute atomic E-state index is 0.0477. The highest BCUT2D eigenvalue weighted by atomic mass is 32.2. The van der Waals surface area contributed by atoms with Crippen LogP contribution in [0.15, 0.2) is 24.7 Å². The number of hydrogen-bond acceptors (Lipinski definition) is 4. The Labute approximate surface area is 118 Å². The van der Waals surface area contributed by atoms with Gasteiger partial charge in [-0.15, -0.1) is 11.8 Å². The first-order chi connectivity index (χ1) is 9.52. The van der Waals surface area contributed by atoms with E-state index in [1.54, 1.807) is 10.7 Å². The van der Waals surface area contributed by atoms with Crippen LogP contribution in [0.3, 0.4) is 0 Å². The van der Waals surface area contributed by atoms with Gasteiger partial charge in [0.25, 0.3) is 0 Å². The monoisotopic (exact) mass is 302 g/mol. The van der Waals surface area contributed by atoms with Crippen LogP contribution in [0.1, 0.15) is 5.56 Å². The van der Waals surface area contributed by atoms with Crippen LogP contribution in [-0.4, -0.2) is 49.8 Å². The maximum atomic E-state index is 12.8. The summed E-state index contributed by atoms with van der Waals surface area (Å²) in [5, 5.41) is 2.71. The fourth-order valence-corrected chi connectivity index (χ4v) is 3.41. The molecule has 0 aliphatic carbocycles. The van der Waals surface area contributed by atoms with Crippen LogP contribution in [0.5, 0.6) is 0 Å². The molecule has 0 spiro atoms. The second kappa shape index (κ2) is 5.25. The Morgan fingerprint density at radius 1 is 1.40 bits per heavy atom. The first-order valence-electron chi connectivity index (χ1n) is 6.21. The Balaban J connectivity index is 1.70. The van der Waals surface area contributed by atoms with Crippen molar-refractivity contribution in [1.82, 2.24) is 19.5 Å². The van der Waals surface area contributed by atoms with Gasteiger partial charge in [-0.2, -0.15) is 18.3 Å². The molecule has 108 valence electrons. The molecule has 20 heavy (non-hydrogen) atoms. The van der Waals surface area contributed by atoms with Crippen LogP contribution in [0.2, 0.25) is 0 Å². The smallest absolute Gasteiger partial charge is 0.297 e. The number of nitrogens with zero attached hydrogens (tertiary/aromatic N) is 4. The van der Waals surface area contributed by atoms with Crippen molar-refractivity contribution in [1.29, 1.82) is 0 Å². The molecule has 0 aromatic carbocycles. The molecule has 1 fully saturated rings. The summed E-state index contributed by atoms with van der Waals surface area (Å²) in [4.78, 5) is 5.92. The average Bonchev–Trinajstić information content (AvgIpc) is 2.85. The van der Waals surface area contributed by atoms with Gasteiger partial charge in [0.2, 0.25) is 0 Å². The van der Waals surface area contributed by atoms with Gasteiger partial charge in [-0.05, 0) is 17.7 Å². The van der Waals surface area contributed by atoms with Crippen molar-refractivity contribution < 1.29 is 13.2 Å². The number of hydrogen-bond donors (Lipinski definition) is 0. The minimum atomic E-state index is -4.12. The van der Waals surface area contributed by atoms with Crippen LogP contribution >= 0.6 is 11.8 Å². The summed E-state index contributed by atoms with van der Waals surface area (Å²) >= 11 is 0.995. The lowest BCUT2D eigenvalue weighted by molar-refractivity contribution is -0.133. The summed E-state index contributed by atoms with van der Waals surface area (Å²) in [7, 11) is 0. The fraction of sp³-hybridized carbons (Fsp3) is 0.500. The summed E-state index contributed by atoms with van der Waals surface area (Å²) < 4.78 is 39.9. The third-order valence-electron chi connectivity index (χ3n) is 3.27. The van der Waals surface area contributed by atoms with Crippen LogP contribution < -0.4 is 0 Å². The largest absolute Gasteiger partial charge is 0.401 e. The predicted molar refractivity (Wildman–Crippen MR) is 70.6 cm³/mol. The lowest BCUT2D eigenvalue weighted by Gasteiger charge is -2.33. The van der Waals surface area contributed by atoms with Crippen LogP contribution in [-0.2, 0) is 6.54 Å². The summed E-state index contributed by atoms with van der Waals surface area (Å²) in [6, 6.07) is 3.73. The number of pyridine rings is 1. The Morgan fingerprint density at radius 2 is 2.25 bits per heavy atom. The van der Waals surface area contributed by atoms with Crippen molar-refractivity contribution in [2.24, 2.45) is 0 Å². The van der Waals surface area contributed by atoms with Crippen molar-refractivity contribution in [3.63, 3.8) is 0 Å². The fourth-order valence-electron chi connectivity index (χ4n) is 2.26. The van der Waals surface area contributed by atoms with E-state index in [-0.39, 0.29) is 6.54 Å². The summed E-state index contributed by atoms with van der Waals surface area (Å²) in [5.41, 5.74) is 1.67. The van der Waals surface area contributed by atoms with Crippen LogP contribution in [0, 0.1) is 0 Å². The van der Waals surface area contributed by atoms with Gasteiger partial charge in [-0.3, -0.25) is 4.90 Å². The zero-order chi connectivity index (χ0) is 14.2. The predicted octanol–water partition coefficient (Wildman–Crippen LogP) is 2.21. The molecule has 0 bridgehead atoms. The topological polar surface area (TPSA) is 33.4 Å². The quantitative estimate of drug-likeness (QED) is 0.851. The van der Waals surface area contributed by atoms with Crippen molar-refractivity contribution in [3.05, 3.63) is 30.2 Å². The van der Waals surface area contributed by atoms with E-state index < -0.39 is 11.4 Å². The lowest BCUT2D eigenvalue weighted by atomic mass is 10.2. The number of thioether (sulfide) groups is 1. The molecule has 1 atom stereocenters. The van der Waals surface area contributed by atoms with Gasteiger partial charge in [-0.1, -0.05) is 0 Å². The molecule has 1 unspecified atom stereocenters. The average molecular weight is 302 g/mol. The van der Waals surface area contributed by atoms with Gasteiger partial charge in [0.05, 0.1) is 0 Å². The Morgan fingerprint density at radius 3 is 3.05 bits per heavy atom. The number of rotatable bonds is 2. The standard InChI is InChI=1S/C12H13F3N4S/c13-12(14,15)10-7-18(3-4-20-10)6-9-1-2-19-11(5-9)16-8-17-19/h1-2,5,8,10H,3-4,6-7H2. The third-order valence-corrected chi connectivity index (χ3v) is 4.50. The van der Waals surface area contributed by atoms with E-state index in [0.29, 0.717) is 24.5 Å². The molecule has 3 heterocycles. The SMILES string of the molecule is FC(F)(F)C1CN(Cc2ccn3ncnc3c2)CCS1. The normalized spacial score (nSPS) is 21.4. The zero-order valence-electron chi connectivity index (χ0n) is 10.5. The van der Waals surface area contributed by atoms with Crippen molar-refractivity contribution >= 4 is 17.4 Å². The number of halogens is 3. The zero-order valence-corrected chi connectivity index (χ0v) is 11.4. The van der Waals surface area contributed by atoms with E-state index in [2.05, 4.69) is 10.1 Å². The number of alkyl halides is 3. The molecule has 1 aliphatic heterocycles. The first-order valence-corrected chi connectivity index (χ1v) is 7.26. The van der Waals surface area contributed by atoms with Crippen molar-refractivity contribution in [2.75, 3.05) is 18.8 Å². The van der Waals surface area contributed by atoms with Crippen molar-refractivity contribution in [3.8, 4) is 0 Å². The van der Waals surface area contributed by atoms with Gasteiger partial charge in [0.15, 0.2) is 5.65 Å². The van der Waals surface area contributed by atoms with Gasteiger partial charge in [-0.25, -0.2) is 9.50 Å². The minimum Gasteiger partial charge on any atom is -0.297 e. The summed E-state index contributed by atoms with van der Waals surface area (Å²) in [5.74, 6) is 0.511. The van der Waals surface area contributed by atoms with Gasteiger partial charge in [0, 0.05) is 31.6 Å². The van der Waals surface area contributed by atoms with E-state index in [1.165, 1.54) is 6.33 Å². The molecule has 0 radical (unpaired) electrons. The van der Waals surface area contributed by atoms with Crippen molar-refractivity contribution in [2.45, 2.75) is 18.0 Å². The molecular formula is C12H13F3N4S. The molecule has 1 aliphatic rings. The van der Waals surface area contributed by atoms with Gasteiger partial charge in [0.1, 0.15) is 11.6 Å². The number of fused-ring (bicyclic) bond motifs is 1. The molecule has 2 aromatic heterocycles. The number of aromatic nitrogens is 3.